The van der Waals surface area contributed by atoms with E-state index in [2.05, 4.69) is 15.5 Å². The number of carbonyl (C=O) groups is 2. The minimum atomic E-state index is -0.505. The molecule has 1 unspecified atom stereocenters. The fraction of sp³-hybridized carbons (Fsp3) is 0.300. The zero-order valence-electron chi connectivity index (χ0n) is 17.3. The van der Waals surface area contributed by atoms with Gasteiger partial charge in [-0.3, -0.25) is 14.2 Å². The molecule has 0 aliphatic heterocycles. The van der Waals surface area contributed by atoms with Crippen molar-refractivity contribution in [2.24, 2.45) is 5.73 Å². The van der Waals surface area contributed by atoms with Crippen LogP contribution in [0.4, 0.5) is 5.69 Å². The maximum Gasteiger partial charge on any atom is 0.237 e. The Morgan fingerprint density at radius 2 is 2.00 bits per heavy atom. The molecule has 0 saturated heterocycles. The van der Waals surface area contributed by atoms with Crippen LogP contribution < -0.4 is 20.5 Å². The highest BCUT2D eigenvalue weighted by Crippen LogP contribution is 2.31. The quantitative estimate of drug-likeness (QED) is 0.455. The Morgan fingerprint density at radius 1 is 1.23 bits per heavy atom. The van der Waals surface area contributed by atoms with Gasteiger partial charge < -0.3 is 24.9 Å². The van der Waals surface area contributed by atoms with Crippen LogP contribution in [0.1, 0.15) is 13.3 Å². The standard InChI is InChI=1S/C20H23N5O5S/c1-12(19(27)22-13-6-7-14(28-2)16(11-13)29-3)31-20-24-23-18(15-5-4-10-30-15)25(20)9-8-17(21)26/h4-7,10-12H,8-9H2,1-3H3,(H2,21,26)(H,22,27). The number of nitrogens with two attached hydrogens (primary N) is 1. The number of rotatable bonds is 10. The minimum absolute atomic E-state index is 0.103. The second-order valence-corrected chi connectivity index (χ2v) is 7.78. The van der Waals surface area contributed by atoms with E-state index in [1.165, 1.54) is 25.1 Å². The number of hydrogen-bond donors (Lipinski definition) is 2. The summed E-state index contributed by atoms with van der Waals surface area (Å²) in [6, 6.07) is 8.59. The van der Waals surface area contributed by atoms with Gasteiger partial charge in [-0.1, -0.05) is 11.8 Å². The number of thioether (sulfide) groups is 1. The SMILES string of the molecule is COc1ccc(NC(=O)C(C)Sc2nnc(-c3ccco3)n2CCC(N)=O)cc1OC. The van der Waals surface area contributed by atoms with Gasteiger partial charge in [0.2, 0.25) is 11.8 Å². The van der Waals surface area contributed by atoms with Gasteiger partial charge in [0.1, 0.15) is 0 Å². The molecule has 3 N–H and O–H groups in total. The Bertz CT molecular complexity index is 1050. The Balaban J connectivity index is 1.75. The molecular weight excluding hydrogens is 422 g/mol. The molecule has 2 amide bonds. The molecule has 10 nitrogen and oxygen atoms in total. The number of furan rings is 1. The molecule has 0 saturated carbocycles. The molecule has 2 aromatic heterocycles. The van der Waals surface area contributed by atoms with Gasteiger partial charge in [-0.25, -0.2) is 0 Å². The van der Waals surface area contributed by atoms with E-state index < -0.39 is 11.2 Å². The summed E-state index contributed by atoms with van der Waals surface area (Å²) in [5, 5.41) is 11.2. The van der Waals surface area contributed by atoms with Gasteiger partial charge in [-0.05, 0) is 31.2 Å². The van der Waals surface area contributed by atoms with Gasteiger partial charge in [0.05, 0.1) is 25.7 Å². The normalized spacial score (nSPS) is 11.7. The maximum atomic E-state index is 12.7. The van der Waals surface area contributed by atoms with E-state index in [1.807, 2.05) is 0 Å². The molecule has 0 radical (unpaired) electrons. The first-order valence-corrected chi connectivity index (χ1v) is 10.3. The molecule has 1 aromatic carbocycles. The third-order valence-corrected chi connectivity index (χ3v) is 5.42. The highest BCUT2D eigenvalue weighted by Gasteiger charge is 2.22. The molecular formula is C20H23N5O5S. The van der Waals surface area contributed by atoms with Crippen LogP contribution in [-0.4, -0.2) is 46.0 Å². The number of nitrogens with zero attached hydrogens (tertiary/aromatic N) is 3. The molecule has 0 spiro atoms. The minimum Gasteiger partial charge on any atom is -0.493 e. The van der Waals surface area contributed by atoms with E-state index >= 15 is 0 Å². The number of methoxy groups -OCH3 is 2. The molecule has 3 rings (SSSR count). The van der Waals surface area contributed by atoms with Crippen molar-refractivity contribution in [3.05, 3.63) is 36.6 Å². The average Bonchev–Trinajstić information content (AvgIpc) is 3.41. The van der Waals surface area contributed by atoms with Crippen molar-refractivity contribution < 1.29 is 23.5 Å². The van der Waals surface area contributed by atoms with Gasteiger partial charge in [-0.2, -0.15) is 0 Å². The van der Waals surface area contributed by atoms with E-state index in [4.69, 9.17) is 19.6 Å². The van der Waals surface area contributed by atoms with Gasteiger partial charge in [0, 0.05) is 24.7 Å². The van der Waals surface area contributed by atoms with Crippen LogP contribution in [0, 0.1) is 0 Å². The number of benzene rings is 1. The summed E-state index contributed by atoms with van der Waals surface area (Å²) in [7, 11) is 3.07. The fourth-order valence-corrected chi connectivity index (χ4v) is 3.63. The summed E-state index contributed by atoms with van der Waals surface area (Å²) in [4.78, 5) is 24.0. The lowest BCUT2D eigenvalue weighted by Gasteiger charge is -2.14. The smallest absolute Gasteiger partial charge is 0.237 e. The van der Waals surface area contributed by atoms with Crippen molar-refractivity contribution in [3.8, 4) is 23.1 Å². The first kappa shape index (κ1) is 22.2. The van der Waals surface area contributed by atoms with Gasteiger partial charge >= 0.3 is 0 Å². The first-order chi connectivity index (χ1) is 14.9. The number of anilines is 1. The Morgan fingerprint density at radius 3 is 2.65 bits per heavy atom. The lowest BCUT2D eigenvalue weighted by Crippen LogP contribution is -2.23. The van der Waals surface area contributed by atoms with Crippen LogP contribution >= 0.6 is 11.8 Å². The van der Waals surface area contributed by atoms with Crippen molar-refractivity contribution in [2.45, 2.75) is 30.3 Å². The summed E-state index contributed by atoms with van der Waals surface area (Å²) in [5.41, 5.74) is 5.87. The summed E-state index contributed by atoms with van der Waals surface area (Å²) < 4.78 is 17.6. The highest BCUT2D eigenvalue weighted by atomic mass is 32.2. The molecule has 3 aromatic rings. The summed E-state index contributed by atoms with van der Waals surface area (Å²) in [6.07, 6.45) is 1.62. The van der Waals surface area contributed by atoms with Gasteiger partial charge in [-0.15, -0.1) is 10.2 Å². The van der Waals surface area contributed by atoms with Gasteiger partial charge in [0.25, 0.3) is 0 Å². The maximum absolute atomic E-state index is 12.7. The Hall–Kier alpha value is -3.47. The summed E-state index contributed by atoms with van der Waals surface area (Å²) in [6.45, 7) is 2.02. The van der Waals surface area contributed by atoms with Crippen LogP contribution in [0.3, 0.4) is 0 Å². The Labute approximate surface area is 183 Å². The van der Waals surface area contributed by atoms with E-state index in [9.17, 15) is 9.59 Å². The lowest BCUT2D eigenvalue weighted by atomic mass is 10.2. The van der Waals surface area contributed by atoms with Crippen LogP contribution in [0.25, 0.3) is 11.6 Å². The van der Waals surface area contributed by atoms with Crippen molar-refractivity contribution in [1.29, 1.82) is 0 Å². The van der Waals surface area contributed by atoms with Gasteiger partial charge in [0.15, 0.2) is 28.2 Å². The highest BCUT2D eigenvalue weighted by molar-refractivity contribution is 8.00. The monoisotopic (exact) mass is 445 g/mol. The second kappa shape index (κ2) is 10.0. The number of aromatic nitrogens is 3. The molecule has 164 valence electrons. The van der Waals surface area contributed by atoms with Crippen LogP contribution in [-0.2, 0) is 16.1 Å². The number of primary amides is 1. The number of ether oxygens (including phenoxy) is 2. The molecule has 0 fully saturated rings. The van der Waals surface area contributed by atoms with E-state index in [1.54, 1.807) is 48.9 Å². The summed E-state index contributed by atoms with van der Waals surface area (Å²) >= 11 is 1.21. The molecule has 1 atom stereocenters. The lowest BCUT2D eigenvalue weighted by molar-refractivity contribution is -0.118. The van der Waals surface area contributed by atoms with Crippen molar-refractivity contribution in [3.63, 3.8) is 0 Å². The van der Waals surface area contributed by atoms with Crippen LogP contribution in [0.2, 0.25) is 0 Å². The average molecular weight is 446 g/mol. The zero-order valence-corrected chi connectivity index (χ0v) is 18.1. The fourth-order valence-electron chi connectivity index (χ4n) is 2.76. The second-order valence-electron chi connectivity index (χ2n) is 6.47. The molecule has 0 aliphatic rings. The first-order valence-electron chi connectivity index (χ1n) is 9.37. The number of amides is 2. The number of carbonyl (C=O) groups excluding carboxylic acids is 2. The van der Waals surface area contributed by atoms with Crippen molar-refractivity contribution in [1.82, 2.24) is 14.8 Å². The van der Waals surface area contributed by atoms with E-state index in [0.29, 0.717) is 33.9 Å². The largest absolute Gasteiger partial charge is 0.493 e. The van der Waals surface area contributed by atoms with Crippen LogP contribution in [0.15, 0.2) is 46.2 Å². The van der Waals surface area contributed by atoms with Crippen molar-refractivity contribution >= 4 is 29.3 Å². The van der Waals surface area contributed by atoms with E-state index in [-0.39, 0.29) is 18.9 Å². The number of nitrogens with one attached hydrogen (secondary N) is 1. The zero-order chi connectivity index (χ0) is 22.4. The molecule has 0 aliphatic carbocycles. The third-order valence-electron chi connectivity index (χ3n) is 4.34. The van der Waals surface area contributed by atoms with E-state index in [0.717, 1.165) is 0 Å². The molecule has 31 heavy (non-hydrogen) atoms. The topological polar surface area (TPSA) is 134 Å². The molecule has 0 bridgehead atoms. The Kier molecular flexibility index (Phi) is 7.19. The predicted octanol–water partition coefficient (Wildman–Crippen LogP) is 2.55. The summed E-state index contributed by atoms with van der Waals surface area (Å²) in [5.74, 6) is 1.36. The third kappa shape index (κ3) is 5.37. The number of hydrogen-bond acceptors (Lipinski definition) is 8. The van der Waals surface area contributed by atoms with Crippen LogP contribution in [0.5, 0.6) is 11.5 Å². The molecule has 2 heterocycles. The van der Waals surface area contributed by atoms with Crippen molar-refractivity contribution in [2.75, 3.05) is 19.5 Å². The molecule has 11 heteroatoms. The predicted molar refractivity (Wildman–Crippen MR) is 115 cm³/mol.